The van der Waals surface area contributed by atoms with Crippen LogP contribution in [0.4, 0.5) is 4.39 Å². The lowest BCUT2D eigenvalue weighted by molar-refractivity contribution is -0.132. The van der Waals surface area contributed by atoms with Gasteiger partial charge in [-0.2, -0.15) is 0 Å². The summed E-state index contributed by atoms with van der Waals surface area (Å²) >= 11 is 1.71. The molecular formula is C22H23FN2OS. The van der Waals surface area contributed by atoms with Gasteiger partial charge in [-0.1, -0.05) is 24.3 Å². The predicted octanol–water partition coefficient (Wildman–Crippen LogP) is 4.99. The number of benzene rings is 2. The minimum Gasteiger partial charge on any atom is -0.339 e. The van der Waals surface area contributed by atoms with Crippen molar-refractivity contribution < 1.29 is 9.18 Å². The molecule has 1 saturated heterocycles. The number of aromatic nitrogens is 1. The molecule has 2 aromatic carbocycles. The first-order valence-electron chi connectivity index (χ1n) is 9.57. The van der Waals surface area contributed by atoms with E-state index in [0.717, 1.165) is 54.7 Å². The Bertz CT molecular complexity index is 906. The molecule has 0 N–H and O–H groups in total. The predicted molar refractivity (Wildman–Crippen MR) is 107 cm³/mol. The fourth-order valence-corrected chi connectivity index (χ4v) is 4.88. The topological polar surface area (TPSA) is 33.2 Å². The van der Waals surface area contributed by atoms with Gasteiger partial charge in [0.15, 0.2) is 0 Å². The van der Waals surface area contributed by atoms with Gasteiger partial charge in [-0.3, -0.25) is 4.79 Å². The molecule has 140 valence electrons. The molecule has 1 aliphatic rings. The number of nitrogens with zero attached hydrogens (tertiary/aromatic N) is 2. The van der Waals surface area contributed by atoms with Crippen molar-refractivity contribution in [2.24, 2.45) is 0 Å². The molecule has 0 spiro atoms. The molecule has 1 amide bonds. The minimum atomic E-state index is -0.209. The van der Waals surface area contributed by atoms with Gasteiger partial charge < -0.3 is 4.90 Å². The molecule has 1 aromatic heterocycles. The summed E-state index contributed by atoms with van der Waals surface area (Å²) in [6.45, 7) is 0.819. The summed E-state index contributed by atoms with van der Waals surface area (Å²) in [7, 11) is 0. The van der Waals surface area contributed by atoms with E-state index in [1.54, 1.807) is 23.5 Å². The number of para-hydroxylation sites is 1. The van der Waals surface area contributed by atoms with Crippen LogP contribution in [0.25, 0.3) is 10.2 Å². The van der Waals surface area contributed by atoms with Crippen molar-refractivity contribution in [1.29, 1.82) is 0 Å². The van der Waals surface area contributed by atoms with Crippen LogP contribution in [0.2, 0.25) is 0 Å². The summed E-state index contributed by atoms with van der Waals surface area (Å²) in [6.07, 6.45) is 4.98. The highest BCUT2D eigenvalue weighted by molar-refractivity contribution is 7.18. The lowest BCUT2D eigenvalue weighted by Gasteiger charge is -2.25. The zero-order chi connectivity index (χ0) is 18.6. The number of fused-ring (bicyclic) bond motifs is 1. The van der Waals surface area contributed by atoms with E-state index in [-0.39, 0.29) is 17.8 Å². The molecule has 1 atom stereocenters. The molecule has 0 radical (unpaired) electrons. The van der Waals surface area contributed by atoms with Gasteiger partial charge in [-0.25, -0.2) is 9.37 Å². The van der Waals surface area contributed by atoms with Crippen molar-refractivity contribution in [3.63, 3.8) is 0 Å². The number of thiazole rings is 1. The smallest absolute Gasteiger partial charge is 0.222 e. The van der Waals surface area contributed by atoms with Gasteiger partial charge in [0.2, 0.25) is 5.91 Å². The second-order valence-corrected chi connectivity index (χ2v) is 8.26. The van der Waals surface area contributed by atoms with Crippen molar-refractivity contribution in [2.45, 2.75) is 44.6 Å². The van der Waals surface area contributed by atoms with E-state index in [2.05, 4.69) is 11.1 Å². The fraction of sp³-hybridized carbons (Fsp3) is 0.364. The SMILES string of the molecule is O=C(CCCc1nc2ccccc2s1)N1CCCC1Cc1cccc(F)c1. The first-order valence-corrected chi connectivity index (χ1v) is 10.4. The Hall–Kier alpha value is -2.27. The highest BCUT2D eigenvalue weighted by Gasteiger charge is 2.28. The Morgan fingerprint density at radius 2 is 2.11 bits per heavy atom. The third-order valence-electron chi connectivity index (χ3n) is 5.18. The van der Waals surface area contributed by atoms with Crippen molar-refractivity contribution in [1.82, 2.24) is 9.88 Å². The number of carbonyl (C=O) groups is 1. The van der Waals surface area contributed by atoms with Crippen LogP contribution >= 0.6 is 11.3 Å². The lowest BCUT2D eigenvalue weighted by Crippen LogP contribution is -2.36. The molecule has 0 saturated carbocycles. The molecule has 4 rings (SSSR count). The van der Waals surface area contributed by atoms with E-state index in [1.807, 2.05) is 29.2 Å². The molecule has 27 heavy (non-hydrogen) atoms. The molecule has 0 bridgehead atoms. The summed E-state index contributed by atoms with van der Waals surface area (Å²) < 4.78 is 14.6. The van der Waals surface area contributed by atoms with Gasteiger partial charge in [-0.15, -0.1) is 11.3 Å². The van der Waals surface area contributed by atoms with E-state index < -0.39 is 0 Å². The summed E-state index contributed by atoms with van der Waals surface area (Å²) in [5.74, 6) is 0.00854. The van der Waals surface area contributed by atoms with Gasteiger partial charge >= 0.3 is 0 Å². The minimum absolute atomic E-state index is 0.196. The first kappa shape index (κ1) is 18.1. The van der Waals surface area contributed by atoms with Gasteiger partial charge in [0.25, 0.3) is 0 Å². The second kappa shape index (κ2) is 8.17. The lowest BCUT2D eigenvalue weighted by atomic mass is 10.0. The van der Waals surface area contributed by atoms with Crippen LogP contribution in [0.15, 0.2) is 48.5 Å². The number of aryl methyl sites for hydroxylation is 1. The molecule has 1 unspecified atom stereocenters. The molecule has 2 heterocycles. The van der Waals surface area contributed by atoms with Gasteiger partial charge in [0.05, 0.1) is 15.2 Å². The van der Waals surface area contributed by atoms with Crippen LogP contribution in [0.5, 0.6) is 0 Å². The van der Waals surface area contributed by atoms with E-state index in [0.29, 0.717) is 6.42 Å². The van der Waals surface area contributed by atoms with E-state index in [9.17, 15) is 9.18 Å². The molecular weight excluding hydrogens is 359 g/mol. The van der Waals surface area contributed by atoms with Crippen molar-refractivity contribution >= 4 is 27.5 Å². The number of halogens is 1. The average Bonchev–Trinajstić information content (AvgIpc) is 3.28. The highest BCUT2D eigenvalue weighted by atomic mass is 32.1. The van der Waals surface area contributed by atoms with Gasteiger partial charge in [-0.05, 0) is 61.9 Å². The fourth-order valence-electron chi connectivity index (χ4n) is 3.87. The summed E-state index contributed by atoms with van der Waals surface area (Å²) in [6, 6.07) is 15.1. The number of hydrogen-bond acceptors (Lipinski definition) is 3. The second-order valence-electron chi connectivity index (χ2n) is 7.15. The third-order valence-corrected chi connectivity index (χ3v) is 6.27. The monoisotopic (exact) mass is 382 g/mol. The number of amides is 1. The average molecular weight is 383 g/mol. The Morgan fingerprint density at radius 1 is 1.22 bits per heavy atom. The van der Waals surface area contributed by atoms with Crippen molar-refractivity contribution in [3.05, 3.63) is 64.9 Å². The van der Waals surface area contributed by atoms with Crippen LogP contribution in [0.3, 0.4) is 0 Å². The van der Waals surface area contributed by atoms with Crippen molar-refractivity contribution in [3.8, 4) is 0 Å². The zero-order valence-corrected chi connectivity index (χ0v) is 16.1. The Balaban J connectivity index is 1.31. The Kier molecular flexibility index (Phi) is 5.48. The van der Waals surface area contributed by atoms with Crippen LogP contribution < -0.4 is 0 Å². The van der Waals surface area contributed by atoms with E-state index >= 15 is 0 Å². The number of hydrogen-bond donors (Lipinski definition) is 0. The van der Waals surface area contributed by atoms with Crippen LogP contribution in [-0.4, -0.2) is 28.4 Å². The maximum atomic E-state index is 13.4. The zero-order valence-electron chi connectivity index (χ0n) is 15.2. The molecule has 5 heteroatoms. The van der Waals surface area contributed by atoms with Crippen LogP contribution in [0, 0.1) is 5.82 Å². The summed E-state index contributed by atoms with van der Waals surface area (Å²) in [4.78, 5) is 19.4. The van der Waals surface area contributed by atoms with E-state index in [1.165, 1.54) is 10.8 Å². The maximum Gasteiger partial charge on any atom is 0.222 e. The van der Waals surface area contributed by atoms with Gasteiger partial charge in [0.1, 0.15) is 5.82 Å². The Morgan fingerprint density at radius 3 is 2.96 bits per heavy atom. The summed E-state index contributed by atoms with van der Waals surface area (Å²) in [5, 5.41) is 1.10. The normalized spacial score (nSPS) is 16.9. The molecule has 1 aliphatic heterocycles. The standard InChI is InChI=1S/C22H23FN2OS/c23-17-7-3-6-16(14-17)15-18-8-5-13-25(18)22(26)12-4-11-21-24-19-9-1-2-10-20(19)27-21/h1-3,6-7,9-10,14,18H,4-5,8,11-13,15H2. The van der Waals surface area contributed by atoms with Crippen LogP contribution in [-0.2, 0) is 17.6 Å². The van der Waals surface area contributed by atoms with E-state index in [4.69, 9.17) is 0 Å². The first-order chi connectivity index (χ1) is 13.2. The highest BCUT2D eigenvalue weighted by Crippen LogP contribution is 2.25. The maximum absolute atomic E-state index is 13.4. The van der Waals surface area contributed by atoms with Gasteiger partial charge in [0, 0.05) is 19.0 Å². The van der Waals surface area contributed by atoms with Crippen LogP contribution in [0.1, 0.15) is 36.3 Å². The number of rotatable bonds is 6. The Labute approximate surface area is 162 Å². The molecule has 1 fully saturated rings. The molecule has 3 nitrogen and oxygen atoms in total. The van der Waals surface area contributed by atoms with Crippen molar-refractivity contribution in [2.75, 3.05) is 6.54 Å². The molecule has 0 aliphatic carbocycles. The third kappa shape index (κ3) is 4.35. The number of carbonyl (C=O) groups excluding carboxylic acids is 1. The molecule has 3 aromatic rings. The quantitative estimate of drug-likeness (QED) is 0.602. The summed E-state index contributed by atoms with van der Waals surface area (Å²) in [5.41, 5.74) is 2.01. The number of likely N-dealkylation sites (tertiary alicyclic amines) is 1. The largest absolute Gasteiger partial charge is 0.339 e.